The van der Waals surface area contributed by atoms with Crippen LogP contribution in [0.15, 0.2) is 55.0 Å². The minimum absolute atomic E-state index is 0.141. The van der Waals surface area contributed by atoms with Crippen LogP contribution in [0.4, 0.5) is 5.82 Å². The molecule has 2 aliphatic rings. The lowest BCUT2D eigenvalue weighted by molar-refractivity contribution is 0.178. The van der Waals surface area contributed by atoms with Gasteiger partial charge in [-0.05, 0) is 75.3 Å². The number of pyridine rings is 2. The molecule has 4 aromatic rings. The number of aryl methyl sites for hydroxylation is 1. The van der Waals surface area contributed by atoms with Crippen LogP contribution in [0.25, 0.3) is 16.6 Å². The topological polar surface area (TPSA) is 96.9 Å². The Kier molecular flexibility index (Phi) is 6.41. The van der Waals surface area contributed by atoms with Gasteiger partial charge >= 0.3 is 0 Å². The minimum atomic E-state index is -2.07. The minimum Gasteiger partial charge on any atom is -0.484 e. The number of nitriles is 1. The van der Waals surface area contributed by atoms with Gasteiger partial charge in [-0.2, -0.15) is 10.4 Å². The van der Waals surface area contributed by atoms with E-state index in [-0.39, 0.29) is 6.10 Å². The Bertz CT molecular complexity index is 1580. The zero-order chi connectivity index (χ0) is 26.3. The predicted octanol–water partition coefficient (Wildman–Crippen LogP) is 5.74. The van der Waals surface area contributed by atoms with Gasteiger partial charge < -0.3 is 14.2 Å². The molecule has 0 spiro atoms. The van der Waals surface area contributed by atoms with Crippen LogP contribution >= 0.6 is 7.14 Å². The van der Waals surface area contributed by atoms with E-state index in [2.05, 4.69) is 32.1 Å². The van der Waals surface area contributed by atoms with Gasteiger partial charge in [-0.15, -0.1) is 0 Å². The highest BCUT2D eigenvalue weighted by Crippen LogP contribution is 2.47. The lowest BCUT2D eigenvalue weighted by Crippen LogP contribution is -2.36. The fraction of sp³-hybridized carbons (Fsp3) is 0.379. The summed E-state index contributed by atoms with van der Waals surface area (Å²) in [5.41, 5.74) is 4.81. The molecule has 1 saturated heterocycles. The highest BCUT2D eigenvalue weighted by Gasteiger charge is 2.29. The Morgan fingerprint density at radius 1 is 1.05 bits per heavy atom. The normalized spacial score (nSPS) is 18.2. The van der Waals surface area contributed by atoms with Gasteiger partial charge in [0.05, 0.1) is 35.8 Å². The van der Waals surface area contributed by atoms with Crippen LogP contribution in [-0.2, 0) is 11.0 Å². The Morgan fingerprint density at radius 2 is 1.89 bits per heavy atom. The number of fused-ring (bicyclic) bond motifs is 2. The summed E-state index contributed by atoms with van der Waals surface area (Å²) >= 11 is 0. The molecule has 1 aliphatic heterocycles. The van der Waals surface area contributed by atoms with Crippen LogP contribution in [0.1, 0.15) is 48.6 Å². The first-order chi connectivity index (χ1) is 18.4. The van der Waals surface area contributed by atoms with Crippen molar-refractivity contribution >= 4 is 23.9 Å². The van der Waals surface area contributed by atoms with Gasteiger partial charge in [0.25, 0.3) is 0 Å². The molecule has 0 bridgehead atoms. The number of ether oxygens (including phenoxy) is 1. The summed E-state index contributed by atoms with van der Waals surface area (Å²) < 4.78 is 20.9. The molecule has 4 heterocycles. The van der Waals surface area contributed by atoms with Gasteiger partial charge in [-0.1, -0.05) is 0 Å². The number of rotatable bonds is 5. The molecule has 1 aliphatic carbocycles. The number of anilines is 1. The van der Waals surface area contributed by atoms with Crippen LogP contribution in [0.5, 0.6) is 5.75 Å². The molecule has 3 aromatic heterocycles. The average Bonchev–Trinajstić information content (AvgIpc) is 3.36. The van der Waals surface area contributed by atoms with Gasteiger partial charge in [0.2, 0.25) is 0 Å². The van der Waals surface area contributed by atoms with Gasteiger partial charge in [0, 0.05) is 48.7 Å². The highest BCUT2D eigenvalue weighted by atomic mass is 31.2. The third-order valence-corrected chi connectivity index (χ3v) is 10.1. The summed E-state index contributed by atoms with van der Waals surface area (Å²) in [6, 6.07) is 14.2. The maximum absolute atomic E-state index is 12.5. The molecular formula is C29H31N6O2P. The maximum Gasteiger partial charge on any atom is 0.141 e. The number of aromatic nitrogens is 4. The van der Waals surface area contributed by atoms with Gasteiger partial charge in [0.1, 0.15) is 23.7 Å². The second kappa shape index (κ2) is 9.89. The molecule has 194 valence electrons. The van der Waals surface area contributed by atoms with Crippen LogP contribution in [0.3, 0.4) is 0 Å². The van der Waals surface area contributed by atoms with Crippen molar-refractivity contribution in [3.8, 4) is 17.5 Å². The molecule has 1 fully saturated rings. The lowest BCUT2D eigenvalue weighted by atomic mass is 9.93. The first kappa shape index (κ1) is 24.6. The van der Waals surface area contributed by atoms with Crippen LogP contribution in [-0.4, -0.2) is 51.8 Å². The van der Waals surface area contributed by atoms with Crippen molar-refractivity contribution in [3.63, 3.8) is 0 Å². The number of benzene rings is 1. The van der Waals surface area contributed by atoms with E-state index in [9.17, 15) is 9.83 Å². The van der Waals surface area contributed by atoms with E-state index in [0.717, 1.165) is 84.6 Å². The molecule has 1 aromatic carbocycles. The highest BCUT2D eigenvalue weighted by molar-refractivity contribution is 7.63. The first-order valence-electron chi connectivity index (χ1n) is 13.2. The van der Waals surface area contributed by atoms with E-state index in [1.807, 2.05) is 60.7 Å². The molecule has 6 rings (SSSR count). The molecule has 0 radical (unpaired) electrons. The molecular weight excluding hydrogens is 495 g/mol. The van der Waals surface area contributed by atoms with E-state index < -0.39 is 7.14 Å². The predicted molar refractivity (Wildman–Crippen MR) is 149 cm³/mol. The zero-order valence-corrected chi connectivity index (χ0v) is 22.6. The fourth-order valence-corrected chi connectivity index (χ4v) is 7.15. The van der Waals surface area contributed by atoms with E-state index in [0.29, 0.717) is 11.2 Å². The monoisotopic (exact) mass is 526 g/mol. The van der Waals surface area contributed by atoms with Crippen LogP contribution in [0, 0.1) is 11.3 Å². The van der Waals surface area contributed by atoms with Crippen molar-refractivity contribution < 1.29 is 9.30 Å². The Hall–Kier alpha value is -3.69. The van der Waals surface area contributed by atoms with Crippen molar-refractivity contribution in [2.24, 2.45) is 0 Å². The molecule has 1 atom stereocenters. The van der Waals surface area contributed by atoms with E-state index >= 15 is 0 Å². The fourth-order valence-electron chi connectivity index (χ4n) is 5.67. The van der Waals surface area contributed by atoms with Gasteiger partial charge in [-0.3, -0.25) is 4.98 Å². The summed E-state index contributed by atoms with van der Waals surface area (Å²) in [5.74, 6) is 1.68. The van der Waals surface area contributed by atoms with Gasteiger partial charge in [-0.25, -0.2) is 9.67 Å². The smallest absolute Gasteiger partial charge is 0.141 e. The number of piperidine rings is 1. The molecule has 9 heteroatoms. The van der Waals surface area contributed by atoms with E-state index in [4.69, 9.17) is 4.74 Å². The van der Waals surface area contributed by atoms with Crippen molar-refractivity contribution in [3.05, 3.63) is 71.8 Å². The third-order valence-electron chi connectivity index (χ3n) is 7.81. The van der Waals surface area contributed by atoms with Crippen molar-refractivity contribution in [1.29, 1.82) is 5.26 Å². The summed E-state index contributed by atoms with van der Waals surface area (Å²) in [6.07, 6.45) is 9.85. The SMILES string of the molecule is CP(C)(=O)C1CCN(c2cc(-n3ncc4ccc(O[C@H]5CCCc6cc(C#N)cnc65)cc43)ccn2)CC1. The van der Waals surface area contributed by atoms with E-state index in [1.165, 1.54) is 0 Å². The second-order valence-electron chi connectivity index (χ2n) is 10.7. The quantitative estimate of drug-likeness (QED) is 0.306. The second-order valence-corrected chi connectivity index (χ2v) is 14.3. The Labute approximate surface area is 222 Å². The van der Waals surface area contributed by atoms with Crippen molar-refractivity contribution in [1.82, 2.24) is 19.7 Å². The standard InChI is InChI=1S/C29H31N6O2P/c1-38(2,36)25-9-12-34(13-10-25)28-15-23(8-11-31-28)35-26-16-24(7-6-22(26)19-33-35)37-27-5-3-4-21-14-20(17-30)18-32-29(21)27/h6-8,11,14-16,18-19,25,27H,3-5,9-10,12-13H2,1-2H3/t27-/m0/s1. The van der Waals surface area contributed by atoms with Gasteiger partial charge in [0.15, 0.2) is 0 Å². The van der Waals surface area contributed by atoms with Crippen LogP contribution < -0.4 is 9.64 Å². The largest absolute Gasteiger partial charge is 0.484 e. The average molecular weight is 527 g/mol. The Morgan fingerprint density at radius 3 is 2.68 bits per heavy atom. The summed E-state index contributed by atoms with van der Waals surface area (Å²) in [4.78, 5) is 11.5. The first-order valence-corrected chi connectivity index (χ1v) is 15.9. The lowest BCUT2D eigenvalue weighted by Gasteiger charge is -2.34. The molecule has 8 nitrogen and oxygen atoms in total. The van der Waals surface area contributed by atoms with Crippen molar-refractivity contribution in [2.75, 3.05) is 31.3 Å². The summed E-state index contributed by atoms with van der Waals surface area (Å²) in [5, 5.41) is 14.9. The van der Waals surface area contributed by atoms with Crippen molar-refractivity contribution in [2.45, 2.75) is 43.9 Å². The molecule has 0 amide bonds. The summed E-state index contributed by atoms with van der Waals surface area (Å²) in [6.45, 7) is 5.52. The number of hydrogen-bond donors (Lipinski definition) is 0. The number of nitrogens with zero attached hydrogens (tertiary/aromatic N) is 6. The zero-order valence-electron chi connectivity index (χ0n) is 21.7. The molecule has 0 N–H and O–H groups in total. The maximum atomic E-state index is 12.5. The third kappa shape index (κ3) is 4.79. The molecule has 38 heavy (non-hydrogen) atoms. The van der Waals surface area contributed by atoms with E-state index in [1.54, 1.807) is 6.20 Å². The van der Waals surface area contributed by atoms with Crippen LogP contribution in [0.2, 0.25) is 0 Å². The molecule has 0 saturated carbocycles. The number of hydrogen-bond acceptors (Lipinski definition) is 7. The molecule has 0 unspecified atom stereocenters. The Balaban J connectivity index is 1.25. The summed E-state index contributed by atoms with van der Waals surface area (Å²) in [7, 11) is -2.07.